The van der Waals surface area contributed by atoms with Gasteiger partial charge in [0.25, 0.3) is 0 Å². The van der Waals surface area contributed by atoms with Gasteiger partial charge in [0.15, 0.2) is 0 Å². The molecule has 0 atom stereocenters. The SMILES string of the molecule is CC1=NC(C2CCCCC2)(C2CCCCC2)C=N1. The van der Waals surface area contributed by atoms with Crippen molar-refractivity contribution >= 4 is 12.1 Å². The summed E-state index contributed by atoms with van der Waals surface area (Å²) in [5.41, 5.74) is 0.102. The van der Waals surface area contributed by atoms with Crippen molar-refractivity contribution in [3.05, 3.63) is 0 Å². The quantitative estimate of drug-likeness (QED) is 0.690. The largest absolute Gasteiger partial charge is 0.258 e. The monoisotopic (exact) mass is 246 g/mol. The van der Waals surface area contributed by atoms with Crippen LogP contribution >= 0.6 is 0 Å². The van der Waals surface area contributed by atoms with Gasteiger partial charge in [-0.25, -0.2) is 4.99 Å². The molecule has 100 valence electrons. The molecule has 0 saturated heterocycles. The third-order valence-corrected chi connectivity index (χ3v) is 5.33. The molecule has 0 radical (unpaired) electrons. The van der Waals surface area contributed by atoms with Gasteiger partial charge in [0.1, 0.15) is 11.4 Å². The van der Waals surface area contributed by atoms with Gasteiger partial charge >= 0.3 is 0 Å². The lowest BCUT2D eigenvalue weighted by Gasteiger charge is -2.42. The Morgan fingerprint density at radius 2 is 1.39 bits per heavy atom. The first-order valence-corrected chi connectivity index (χ1v) is 7.93. The molecule has 3 rings (SSSR count). The minimum absolute atomic E-state index is 0.102. The van der Waals surface area contributed by atoms with E-state index in [-0.39, 0.29) is 5.54 Å². The molecule has 3 aliphatic rings. The summed E-state index contributed by atoms with van der Waals surface area (Å²) in [6.07, 6.45) is 16.2. The molecule has 0 aromatic rings. The predicted molar refractivity (Wildman–Crippen MR) is 77.5 cm³/mol. The van der Waals surface area contributed by atoms with Crippen molar-refractivity contribution in [1.82, 2.24) is 0 Å². The summed E-state index contributed by atoms with van der Waals surface area (Å²) in [6, 6.07) is 0. The number of amidine groups is 1. The van der Waals surface area contributed by atoms with E-state index in [4.69, 9.17) is 4.99 Å². The minimum Gasteiger partial charge on any atom is -0.258 e. The summed E-state index contributed by atoms with van der Waals surface area (Å²) in [5, 5.41) is 0. The van der Waals surface area contributed by atoms with Gasteiger partial charge in [0.2, 0.25) is 0 Å². The van der Waals surface area contributed by atoms with Crippen molar-refractivity contribution in [2.24, 2.45) is 21.8 Å². The van der Waals surface area contributed by atoms with Crippen LogP contribution in [0.1, 0.15) is 71.1 Å². The van der Waals surface area contributed by atoms with E-state index >= 15 is 0 Å². The molecule has 0 N–H and O–H groups in total. The highest BCUT2D eigenvalue weighted by Gasteiger charge is 2.46. The fourth-order valence-corrected chi connectivity index (χ4v) is 4.39. The van der Waals surface area contributed by atoms with Crippen molar-refractivity contribution < 1.29 is 0 Å². The van der Waals surface area contributed by atoms with E-state index in [9.17, 15) is 0 Å². The van der Waals surface area contributed by atoms with E-state index in [0.717, 1.165) is 17.7 Å². The van der Waals surface area contributed by atoms with Crippen LogP contribution in [0.5, 0.6) is 0 Å². The lowest BCUT2D eigenvalue weighted by atomic mass is 9.65. The summed E-state index contributed by atoms with van der Waals surface area (Å²) in [4.78, 5) is 9.63. The second-order valence-electron chi connectivity index (χ2n) is 6.47. The highest BCUT2D eigenvalue weighted by atomic mass is 15.1. The van der Waals surface area contributed by atoms with Crippen LogP contribution in [0, 0.1) is 11.8 Å². The first-order valence-electron chi connectivity index (χ1n) is 7.93. The topological polar surface area (TPSA) is 24.7 Å². The van der Waals surface area contributed by atoms with Crippen molar-refractivity contribution in [2.45, 2.75) is 76.7 Å². The number of aliphatic imine (C=N–C) groups is 2. The van der Waals surface area contributed by atoms with E-state index in [0.29, 0.717) is 0 Å². The Kier molecular flexibility index (Phi) is 3.54. The first-order chi connectivity index (χ1) is 8.81. The first kappa shape index (κ1) is 12.4. The van der Waals surface area contributed by atoms with E-state index < -0.39 is 0 Å². The maximum Gasteiger partial charge on any atom is 0.120 e. The van der Waals surface area contributed by atoms with Gasteiger partial charge in [0, 0.05) is 6.21 Å². The molecule has 0 unspecified atom stereocenters. The molecule has 0 aromatic carbocycles. The molecule has 2 fully saturated rings. The summed E-state index contributed by atoms with van der Waals surface area (Å²) < 4.78 is 0. The van der Waals surface area contributed by atoms with Gasteiger partial charge in [-0.3, -0.25) is 4.99 Å². The number of hydrogen-bond acceptors (Lipinski definition) is 2. The van der Waals surface area contributed by atoms with Crippen molar-refractivity contribution in [3.8, 4) is 0 Å². The third kappa shape index (κ3) is 2.15. The minimum atomic E-state index is 0.102. The molecule has 2 saturated carbocycles. The van der Waals surface area contributed by atoms with E-state index in [1.54, 1.807) is 0 Å². The van der Waals surface area contributed by atoms with Gasteiger partial charge in [0.05, 0.1) is 0 Å². The molecule has 0 aromatic heterocycles. The van der Waals surface area contributed by atoms with Crippen LogP contribution in [0.2, 0.25) is 0 Å². The van der Waals surface area contributed by atoms with Gasteiger partial charge < -0.3 is 0 Å². The Morgan fingerprint density at radius 3 is 1.78 bits per heavy atom. The molecule has 1 aliphatic heterocycles. The fourth-order valence-electron chi connectivity index (χ4n) is 4.39. The standard InChI is InChI=1S/C16H26N2/c1-13-17-12-16(18-13,14-8-4-2-5-9-14)15-10-6-3-7-11-15/h12,14-15H,2-11H2,1H3. The Labute approximate surface area is 111 Å². The Hall–Kier alpha value is -0.660. The molecular weight excluding hydrogens is 220 g/mol. The van der Waals surface area contributed by atoms with Crippen LogP contribution in [-0.4, -0.2) is 17.6 Å². The molecule has 18 heavy (non-hydrogen) atoms. The number of rotatable bonds is 2. The van der Waals surface area contributed by atoms with E-state index in [1.165, 1.54) is 64.2 Å². The number of nitrogens with zero attached hydrogens (tertiary/aromatic N) is 2. The maximum absolute atomic E-state index is 5.06. The zero-order valence-electron chi connectivity index (χ0n) is 11.7. The van der Waals surface area contributed by atoms with Crippen LogP contribution in [0.3, 0.4) is 0 Å². The van der Waals surface area contributed by atoms with Crippen molar-refractivity contribution in [3.63, 3.8) is 0 Å². The Bertz CT molecular complexity index is 326. The zero-order valence-corrected chi connectivity index (χ0v) is 11.7. The molecule has 2 nitrogen and oxygen atoms in total. The predicted octanol–water partition coefficient (Wildman–Crippen LogP) is 4.39. The summed E-state index contributed by atoms with van der Waals surface area (Å²) in [7, 11) is 0. The van der Waals surface area contributed by atoms with Gasteiger partial charge in [-0.05, 0) is 44.4 Å². The highest BCUT2D eigenvalue weighted by Crippen LogP contribution is 2.45. The van der Waals surface area contributed by atoms with Crippen LogP contribution in [-0.2, 0) is 0 Å². The molecule has 0 spiro atoms. The molecule has 1 heterocycles. The smallest absolute Gasteiger partial charge is 0.120 e. The second-order valence-corrected chi connectivity index (χ2v) is 6.47. The van der Waals surface area contributed by atoms with Crippen LogP contribution in [0.15, 0.2) is 9.98 Å². The maximum atomic E-state index is 5.06. The lowest BCUT2D eigenvalue weighted by molar-refractivity contribution is 0.169. The Morgan fingerprint density at radius 1 is 0.889 bits per heavy atom. The molecular formula is C16H26N2. The van der Waals surface area contributed by atoms with Crippen LogP contribution in [0.4, 0.5) is 0 Å². The second kappa shape index (κ2) is 5.14. The average molecular weight is 246 g/mol. The molecule has 2 aliphatic carbocycles. The Balaban J connectivity index is 1.86. The van der Waals surface area contributed by atoms with Gasteiger partial charge in [-0.15, -0.1) is 0 Å². The molecule has 0 amide bonds. The zero-order chi connectivity index (χ0) is 12.4. The lowest BCUT2D eigenvalue weighted by Crippen LogP contribution is -2.45. The summed E-state index contributed by atoms with van der Waals surface area (Å²) >= 11 is 0. The van der Waals surface area contributed by atoms with Crippen molar-refractivity contribution in [2.75, 3.05) is 0 Å². The number of hydrogen-bond donors (Lipinski definition) is 0. The van der Waals surface area contributed by atoms with Gasteiger partial charge in [-0.2, -0.15) is 0 Å². The fraction of sp³-hybridized carbons (Fsp3) is 0.875. The molecule has 0 bridgehead atoms. The van der Waals surface area contributed by atoms with Gasteiger partial charge in [-0.1, -0.05) is 38.5 Å². The summed E-state index contributed by atoms with van der Waals surface area (Å²) in [6.45, 7) is 2.07. The molecule has 2 heteroatoms. The average Bonchev–Trinajstić information content (AvgIpc) is 2.84. The third-order valence-electron chi connectivity index (χ3n) is 5.33. The van der Waals surface area contributed by atoms with E-state index in [1.807, 2.05) is 0 Å². The highest BCUT2D eigenvalue weighted by molar-refractivity contribution is 5.97. The normalized spacial score (nSPS) is 29.5. The van der Waals surface area contributed by atoms with Crippen molar-refractivity contribution in [1.29, 1.82) is 0 Å². The van der Waals surface area contributed by atoms with Crippen LogP contribution < -0.4 is 0 Å². The summed E-state index contributed by atoms with van der Waals surface area (Å²) in [5.74, 6) is 2.57. The van der Waals surface area contributed by atoms with Crippen LogP contribution in [0.25, 0.3) is 0 Å². The van der Waals surface area contributed by atoms with E-state index in [2.05, 4.69) is 18.1 Å².